The van der Waals surface area contributed by atoms with E-state index >= 15 is 0 Å². The minimum Gasteiger partial charge on any atom is -0.459 e. The summed E-state index contributed by atoms with van der Waals surface area (Å²) in [4.78, 5) is 13.5. The Morgan fingerprint density at radius 2 is 2.33 bits per heavy atom. The third-order valence-electron chi connectivity index (χ3n) is 2.32. The molecule has 0 saturated heterocycles. The fourth-order valence-electron chi connectivity index (χ4n) is 1.26. The monoisotopic (exact) mass is 210 g/mol. The molecule has 1 heterocycles. The van der Waals surface area contributed by atoms with Crippen LogP contribution >= 0.6 is 0 Å². The molecule has 2 N–H and O–H groups in total. The number of furan rings is 1. The largest absolute Gasteiger partial charge is 0.459 e. The van der Waals surface area contributed by atoms with Gasteiger partial charge in [0.15, 0.2) is 5.76 Å². The molecule has 4 heteroatoms. The number of nitrogens with zero attached hydrogens (tertiary/aromatic N) is 1. The Hall–Kier alpha value is -1.29. The van der Waals surface area contributed by atoms with Crippen molar-refractivity contribution in [1.29, 1.82) is 0 Å². The lowest BCUT2D eigenvalue weighted by Crippen LogP contribution is -2.31. The van der Waals surface area contributed by atoms with E-state index in [0.717, 1.165) is 12.0 Å². The van der Waals surface area contributed by atoms with Crippen molar-refractivity contribution in [2.24, 2.45) is 5.73 Å². The Morgan fingerprint density at radius 3 is 2.80 bits per heavy atom. The van der Waals surface area contributed by atoms with Crippen molar-refractivity contribution in [3.05, 3.63) is 23.7 Å². The zero-order valence-electron chi connectivity index (χ0n) is 9.49. The first kappa shape index (κ1) is 11.8. The summed E-state index contributed by atoms with van der Waals surface area (Å²) in [6.07, 6.45) is 2.32. The zero-order valence-corrected chi connectivity index (χ0v) is 9.49. The number of hydrogen-bond acceptors (Lipinski definition) is 3. The molecular weight excluding hydrogens is 192 g/mol. The third kappa shape index (κ3) is 3.09. The Bertz CT molecular complexity index is 331. The summed E-state index contributed by atoms with van der Waals surface area (Å²) in [6.45, 7) is 4.43. The van der Waals surface area contributed by atoms with Crippen LogP contribution in [0.1, 0.15) is 29.5 Å². The molecule has 0 saturated carbocycles. The molecule has 1 aromatic rings. The molecule has 0 radical (unpaired) electrons. The van der Waals surface area contributed by atoms with Gasteiger partial charge in [-0.1, -0.05) is 0 Å². The fourth-order valence-corrected chi connectivity index (χ4v) is 1.26. The second-order valence-corrected chi connectivity index (χ2v) is 3.93. The first-order valence-electron chi connectivity index (χ1n) is 5.07. The highest BCUT2D eigenvalue weighted by atomic mass is 16.3. The molecule has 0 spiro atoms. The molecule has 0 aliphatic heterocycles. The number of aryl methyl sites for hydroxylation is 1. The van der Waals surface area contributed by atoms with Gasteiger partial charge in [-0.2, -0.15) is 0 Å². The average molecular weight is 210 g/mol. The van der Waals surface area contributed by atoms with Gasteiger partial charge < -0.3 is 15.1 Å². The van der Waals surface area contributed by atoms with Gasteiger partial charge in [0.05, 0.1) is 6.26 Å². The van der Waals surface area contributed by atoms with Gasteiger partial charge in [0.1, 0.15) is 0 Å². The highest BCUT2D eigenvalue weighted by molar-refractivity contribution is 5.92. The van der Waals surface area contributed by atoms with Crippen LogP contribution in [0, 0.1) is 6.92 Å². The molecule has 1 unspecified atom stereocenters. The fraction of sp³-hybridized carbons (Fsp3) is 0.545. The number of carbonyl (C=O) groups is 1. The second kappa shape index (κ2) is 4.98. The third-order valence-corrected chi connectivity index (χ3v) is 2.32. The maximum Gasteiger partial charge on any atom is 0.289 e. The normalized spacial score (nSPS) is 12.5. The Kier molecular flexibility index (Phi) is 3.91. The van der Waals surface area contributed by atoms with E-state index < -0.39 is 0 Å². The van der Waals surface area contributed by atoms with E-state index in [1.165, 1.54) is 6.26 Å². The molecule has 1 rings (SSSR count). The molecule has 0 aromatic carbocycles. The minimum atomic E-state index is -0.0850. The first-order chi connectivity index (χ1) is 7.02. The topological polar surface area (TPSA) is 59.5 Å². The molecule has 4 nitrogen and oxygen atoms in total. The van der Waals surface area contributed by atoms with Crippen molar-refractivity contribution in [3.63, 3.8) is 0 Å². The van der Waals surface area contributed by atoms with Gasteiger partial charge >= 0.3 is 0 Å². The maximum atomic E-state index is 11.8. The maximum absolute atomic E-state index is 11.8. The van der Waals surface area contributed by atoms with Crippen molar-refractivity contribution in [2.45, 2.75) is 26.3 Å². The van der Waals surface area contributed by atoms with Crippen LogP contribution in [0.25, 0.3) is 0 Å². The van der Waals surface area contributed by atoms with Crippen LogP contribution in [-0.4, -0.2) is 30.4 Å². The van der Waals surface area contributed by atoms with Crippen LogP contribution in [-0.2, 0) is 0 Å². The Balaban J connectivity index is 2.57. The summed E-state index contributed by atoms with van der Waals surface area (Å²) < 4.78 is 5.13. The molecule has 0 aliphatic rings. The SMILES string of the molecule is Cc1ccoc1C(=O)N(C)CCC(C)N. The van der Waals surface area contributed by atoms with Gasteiger partial charge in [0.2, 0.25) is 0 Å². The smallest absolute Gasteiger partial charge is 0.289 e. The van der Waals surface area contributed by atoms with E-state index in [1.807, 2.05) is 13.8 Å². The number of rotatable bonds is 4. The van der Waals surface area contributed by atoms with E-state index in [9.17, 15) is 4.79 Å². The molecule has 1 amide bonds. The number of amides is 1. The van der Waals surface area contributed by atoms with Crippen molar-refractivity contribution in [2.75, 3.05) is 13.6 Å². The highest BCUT2D eigenvalue weighted by Gasteiger charge is 2.17. The van der Waals surface area contributed by atoms with Crippen LogP contribution in [0.5, 0.6) is 0 Å². The standard InChI is InChI=1S/C11H18N2O2/c1-8-5-7-15-10(8)11(14)13(3)6-4-9(2)12/h5,7,9H,4,6,12H2,1-3H3. The summed E-state index contributed by atoms with van der Waals surface area (Å²) >= 11 is 0. The van der Waals surface area contributed by atoms with Gasteiger partial charge in [0.25, 0.3) is 5.91 Å². The van der Waals surface area contributed by atoms with Gasteiger partial charge in [-0.15, -0.1) is 0 Å². The van der Waals surface area contributed by atoms with Crippen LogP contribution < -0.4 is 5.73 Å². The van der Waals surface area contributed by atoms with Gasteiger partial charge in [0, 0.05) is 25.2 Å². The predicted molar refractivity (Wildman–Crippen MR) is 58.7 cm³/mol. The lowest BCUT2D eigenvalue weighted by atomic mass is 10.2. The minimum absolute atomic E-state index is 0.0850. The predicted octanol–water partition coefficient (Wildman–Crippen LogP) is 1.40. The summed E-state index contributed by atoms with van der Waals surface area (Å²) in [5.74, 6) is 0.334. The summed E-state index contributed by atoms with van der Waals surface area (Å²) in [5.41, 5.74) is 6.50. The van der Waals surface area contributed by atoms with Crippen LogP contribution in [0.2, 0.25) is 0 Å². The summed E-state index contributed by atoms with van der Waals surface area (Å²) in [7, 11) is 1.76. The molecular formula is C11H18N2O2. The Morgan fingerprint density at radius 1 is 1.67 bits per heavy atom. The lowest BCUT2D eigenvalue weighted by Gasteiger charge is -2.17. The second-order valence-electron chi connectivity index (χ2n) is 3.93. The van der Waals surface area contributed by atoms with E-state index in [2.05, 4.69) is 0 Å². The van der Waals surface area contributed by atoms with Gasteiger partial charge in [-0.25, -0.2) is 0 Å². The van der Waals surface area contributed by atoms with E-state index in [4.69, 9.17) is 10.2 Å². The average Bonchev–Trinajstić information content (AvgIpc) is 2.59. The van der Waals surface area contributed by atoms with Crippen LogP contribution in [0.3, 0.4) is 0 Å². The van der Waals surface area contributed by atoms with Crippen molar-refractivity contribution < 1.29 is 9.21 Å². The first-order valence-corrected chi connectivity index (χ1v) is 5.07. The van der Waals surface area contributed by atoms with Crippen molar-refractivity contribution >= 4 is 5.91 Å². The zero-order chi connectivity index (χ0) is 11.4. The van der Waals surface area contributed by atoms with Crippen molar-refractivity contribution in [1.82, 2.24) is 4.90 Å². The summed E-state index contributed by atoms with van der Waals surface area (Å²) in [6, 6.07) is 1.89. The molecule has 1 atom stereocenters. The van der Waals surface area contributed by atoms with Crippen LogP contribution in [0.4, 0.5) is 0 Å². The molecule has 1 aromatic heterocycles. The molecule has 84 valence electrons. The van der Waals surface area contributed by atoms with E-state index in [-0.39, 0.29) is 11.9 Å². The van der Waals surface area contributed by atoms with Crippen molar-refractivity contribution in [3.8, 4) is 0 Å². The number of nitrogens with two attached hydrogens (primary N) is 1. The molecule has 0 fully saturated rings. The molecule has 15 heavy (non-hydrogen) atoms. The Labute approximate surface area is 90.0 Å². The quantitative estimate of drug-likeness (QED) is 0.817. The van der Waals surface area contributed by atoms with Gasteiger partial charge in [-0.3, -0.25) is 4.79 Å². The molecule has 0 bridgehead atoms. The van der Waals surface area contributed by atoms with Crippen LogP contribution in [0.15, 0.2) is 16.7 Å². The molecule has 0 aliphatic carbocycles. The van der Waals surface area contributed by atoms with E-state index in [0.29, 0.717) is 12.3 Å². The lowest BCUT2D eigenvalue weighted by molar-refractivity contribution is 0.0759. The van der Waals surface area contributed by atoms with Gasteiger partial charge in [-0.05, 0) is 26.3 Å². The summed E-state index contributed by atoms with van der Waals surface area (Å²) in [5, 5.41) is 0. The highest BCUT2D eigenvalue weighted by Crippen LogP contribution is 2.11. The van der Waals surface area contributed by atoms with E-state index in [1.54, 1.807) is 18.0 Å². The number of carbonyl (C=O) groups excluding carboxylic acids is 1. The number of hydrogen-bond donors (Lipinski definition) is 1.